The maximum Gasteiger partial charge on any atom is 0.415 e. The largest absolute Gasteiger partial charge is 0.489 e. The molecule has 10 nitrogen and oxygen atoms in total. The zero-order valence-electron chi connectivity index (χ0n) is 17.0. The lowest BCUT2D eigenvalue weighted by Crippen LogP contribution is -2.48. The molecule has 4 heterocycles. The van der Waals surface area contributed by atoms with E-state index < -0.39 is 39.7 Å². The van der Waals surface area contributed by atoms with E-state index in [9.17, 15) is 22.8 Å². The summed E-state index contributed by atoms with van der Waals surface area (Å²) in [5, 5.41) is 2.76. The minimum absolute atomic E-state index is 0.0611. The van der Waals surface area contributed by atoms with E-state index in [0.717, 1.165) is 11.3 Å². The van der Waals surface area contributed by atoms with Crippen LogP contribution in [-0.2, 0) is 19.4 Å². The van der Waals surface area contributed by atoms with Crippen LogP contribution in [0.4, 0.5) is 16.2 Å². The maximum absolute atomic E-state index is 12.6. The minimum atomic E-state index is -3.37. The summed E-state index contributed by atoms with van der Waals surface area (Å²) in [6, 6.07) is 7.71. The van der Waals surface area contributed by atoms with Crippen molar-refractivity contribution >= 4 is 62.1 Å². The van der Waals surface area contributed by atoms with Crippen LogP contribution in [0.15, 0.2) is 30.3 Å². The van der Waals surface area contributed by atoms with Gasteiger partial charge in [0.05, 0.1) is 27.2 Å². The summed E-state index contributed by atoms with van der Waals surface area (Å²) in [4.78, 5) is 40.5. The van der Waals surface area contributed by atoms with Gasteiger partial charge in [-0.25, -0.2) is 13.2 Å². The van der Waals surface area contributed by atoms with Gasteiger partial charge in [-0.2, -0.15) is 0 Å². The number of rotatable bonds is 4. The molecule has 0 saturated carbocycles. The molecule has 1 aromatic carbocycles. The van der Waals surface area contributed by atoms with Gasteiger partial charge in [0.1, 0.15) is 30.3 Å². The number of nitrogens with zero attached hydrogens (tertiary/aromatic N) is 2. The highest BCUT2D eigenvalue weighted by atomic mass is 35.5. The van der Waals surface area contributed by atoms with Crippen molar-refractivity contribution in [3.05, 3.63) is 39.5 Å². The molecule has 0 spiro atoms. The Morgan fingerprint density at radius 3 is 2.79 bits per heavy atom. The third kappa shape index (κ3) is 4.13. The SMILES string of the molecule is O=C(NC[C@@H]1OC(=O)N2c3ccc(N4CCS(=O)(=O)CC4=O)cc3OC[C@@H]12)c1ccc(Cl)s1. The van der Waals surface area contributed by atoms with Crippen LogP contribution in [0.1, 0.15) is 9.67 Å². The number of fused-ring (bicyclic) bond motifs is 3. The molecule has 13 heteroatoms. The second kappa shape index (κ2) is 8.19. The van der Waals surface area contributed by atoms with Crippen LogP contribution in [0.3, 0.4) is 0 Å². The fourth-order valence-corrected chi connectivity index (χ4v) is 6.14. The number of thiophene rings is 1. The number of hydrogen-bond acceptors (Lipinski definition) is 8. The van der Waals surface area contributed by atoms with Gasteiger partial charge in [0.15, 0.2) is 9.84 Å². The molecule has 2 fully saturated rings. The number of cyclic esters (lactones) is 1. The third-order valence-electron chi connectivity index (χ3n) is 5.67. The lowest BCUT2D eigenvalue weighted by molar-refractivity contribution is -0.116. The molecule has 1 N–H and O–H groups in total. The first-order chi connectivity index (χ1) is 15.7. The molecule has 1 aromatic heterocycles. The van der Waals surface area contributed by atoms with Crippen molar-refractivity contribution < 1.29 is 32.3 Å². The summed E-state index contributed by atoms with van der Waals surface area (Å²) in [7, 11) is -3.37. The van der Waals surface area contributed by atoms with E-state index in [1.165, 1.54) is 9.80 Å². The zero-order chi connectivity index (χ0) is 23.3. The Balaban J connectivity index is 1.30. The van der Waals surface area contributed by atoms with Gasteiger partial charge in [-0.15, -0.1) is 11.3 Å². The second-order valence-corrected chi connectivity index (χ2v) is 11.7. The highest BCUT2D eigenvalue weighted by Gasteiger charge is 2.46. The van der Waals surface area contributed by atoms with Crippen molar-refractivity contribution in [2.75, 3.05) is 41.0 Å². The van der Waals surface area contributed by atoms with E-state index >= 15 is 0 Å². The molecular formula is C20H18ClN3O7S2. The van der Waals surface area contributed by atoms with Crippen LogP contribution >= 0.6 is 22.9 Å². The normalized spacial score (nSPS) is 23.4. The Bertz CT molecular complexity index is 1260. The topological polar surface area (TPSA) is 122 Å². The number of anilines is 2. The second-order valence-electron chi connectivity index (χ2n) is 7.77. The highest BCUT2D eigenvalue weighted by molar-refractivity contribution is 7.92. The molecule has 33 heavy (non-hydrogen) atoms. The molecule has 5 rings (SSSR count). The molecule has 3 amide bonds. The molecule has 0 radical (unpaired) electrons. The van der Waals surface area contributed by atoms with Gasteiger partial charge in [-0.05, 0) is 24.3 Å². The quantitative estimate of drug-likeness (QED) is 0.662. The number of amides is 3. The van der Waals surface area contributed by atoms with Gasteiger partial charge in [0.25, 0.3) is 5.91 Å². The molecule has 0 aliphatic carbocycles. The summed E-state index contributed by atoms with van der Waals surface area (Å²) in [5.41, 5.74) is 0.981. The van der Waals surface area contributed by atoms with E-state index in [1.807, 2.05) is 0 Å². The first kappa shape index (κ1) is 22.0. The zero-order valence-corrected chi connectivity index (χ0v) is 19.4. The predicted molar refractivity (Wildman–Crippen MR) is 121 cm³/mol. The molecule has 174 valence electrons. The van der Waals surface area contributed by atoms with E-state index in [-0.39, 0.29) is 31.4 Å². The summed E-state index contributed by atoms with van der Waals surface area (Å²) in [5.74, 6) is -1.06. The Labute approximate surface area is 197 Å². The molecular weight excluding hydrogens is 494 g/mol. The fourth-order valence-electron chi connectivity index (χ4n) is 4.05. The van der Waals surface area contributed by atoms with Crippen LogP contribution < -0.4 is 19.9 Å². The van der Waals surface area contributed by atoms with Crippen LogP contribution in [0.25, 0.3) is 0 Å². The van der Waals surface area contributed by atoms with Crippen molar-refractivity contribution in [3.8, 4) is 5.75 Å². The molecule has 2 saturated heterocycles. The summed E-state index contributed by atoms with van der Waals surface area (Å²) < 4.78 is 35.2. The van der Waals surface area contributed by atoms with Crippen LogP contribution in [0.2, 0.25) is 4.34 Å². The van der Waals surface area contributed by atoms with E-state index in [4.69, 9.17) is 21.1 Å². The first-order valence-corrected chi connectivity index (χ1v) is 13.0. The highest BCUT2D eigenvalue weighted by Crippen LogP contribution is 2.41. The molecule has 2 atom stereocenters. The first-order valence-electron chi connectivity index (χ1n) is 10.0. The number of carbonyl (C=O) groups is 3. The minimum Gasteiger partial charge on any atom is -0.489 e. The van der Waals surface area contributed by atoms with Crippen LogP contribution in [-0.4, -0.2) is 69.7 Å². The summed E-state index contributed by atoms with van der Waals surface area (Å²) in [6.45, 7) is 0.302. The third-order valence-corrected chi connectivity index (χ3v) is 8.39. The number of sulfone groups is 1. The monoisotopic (exact) mass is 511 g/mol. The fraction of sp³-hybridized carbons (Fsp3) is 0.350. The van der Waals surface area contributed by atoms with Crippen molar-refractivity contribution in [2.24, 2.45) is 0 Å². The van der Waals surface area contributed by atoms with Crippen LogP contribution in [0, 0.1) is 0 Å². The summed E-state index contributed by atoms with van der Waals surface area (Å²) >= 11 is 7.02. The van der Waals surface area contributed by atoms with Gasteiger partial charge >= 0.3 is 6.09 Å². The lowest BCUT2D eigenvalue weighted by atomic mass is 10.1. The Morgan fingerprint density at radius 1 is 1.24 bits per heavy atom. The van der Waals surface area contributed by atoms with E-state index in [1.54, 1.807) is 30.3 Å². The standard InChI is InChI=1S/C20H18ClN3O7S2/c21-17-4-3-16(32-17)19(26)22-8-15-13-9-30-14-7-11(1-2-12(14)24(13)20(27)31-15)23-5-6-33(28,29)10-18(23)25/h1-4,7,13,15H,5-6,8-10H2,(H,22,26)/t13-,15-/m0/s1. The van der Waals surface area contributed by atoms with Crippen LogP contribution in [0.5, 0.6) is 5.75 Å². The number of ether oxygens (including phenoxy) is 2. The Kier molecular flexibility index (Phi) is 5.46. The lowest BCUT2D eigenvalue weighted by Gasteiger charge is -2.33. The number of nitrogens with one attached hydrogen (secondary N) is 1. The molecule has 3 aliphatic rings. The smallest absolute Gasteiger partial charge is 0.415 e. The van der Waals surface area contributed by atoms with Gasteiger partial charge < -0.3 is 19.7 Å². The van der Waals surface area contributed by atoms with E-state index in [0.29, 0.717) is 26.3 Å². The number of halogens is 1. The Morgan fingerprint density at radius 2 is 2.06 bits per heavy atom. The maximum atomic E-state index is 12.6. The average Bonchev–Trinajstić information content (AvgIpc) is 3.34. The molecule has 3 aliphatic heterocycles. The van der Waals surface area contributed by atoms with E-state index in [2.05, 4.69) is 5.32 Å². The van der Waals surface area contributed by atoms with Crippen molar-refractivity contribution in [1.82, 2.24) is 5.32 Å². The summed E-state index contributed by atoms with van der Waals surface area (Å²) in [6.07, 6.45) is -1.17. The van der Waals surface area contributed by atoms with Crippen molar-refractivity contribution in [3.63, 3.8) is 0 Å². The van der Waals surface area contributed by atoms with Gasteiger partial charge in [-0.1, -0.05) is 11.6 Å². The molecule has 0 bridgehead atoms. The van der Waals surface area contributed by atoms with Crippen molar-refractivity contribution in [2.45, 2.75) is 12.1 Å². The number of carbonyl (C=O) groups excluding carboxylic acids is 3. The molecule has 2 aromatic rings. The number of hydrogen-bond donors (Lipinski definition) is 1. The Hall–Kier alpha value is -2.83. The number of benzene rings is 1. The van der Waals surface area contributed by atoms with Gasteiger partial charge in [-0.3, -0.25) is 14.5 Å². The van der Waals surface area contributed by atoms with Crippen molar-refractivity contribution in [1.29, 1.82) is 0 Å². The molecule has 0 unspecified atom stereocenters. The van der Waals surface area contributed by atoms with Gasteiger partial charge in [0.2, 0.25) is 5.91 Å². The average molecular weight is 512 g/mol. The van der Waals surface area contributed by atoms with Gasteiger partial charge in [0, 0.05) is 18.3 Å². The predicted octanol–water partition coefficient (Wildman–Crippen LogP) is 1.68.